The van der Waals surface area contributed by atoms with E-state index in [1.165, 1.54) is 17.3 Å². The lowest BCUT2D eigenvalue weighted by molar-refractivity contribution is -0.116. The minimum atomic E-state index is -0.0963. The van der Waals surface area contributed by atoms with E-state index in [0.717, 1.165) is 16.8 Å². The van der Waals surface area contributed by atoms with Crippen molar-refractivity contribution in [1.29, 1.82) is 0 Å². The van der Waals surface area contributed by atoms with Gasteiger partial charge in [-0.2, -0.15) is 4.98 Å². The van der Waals surface area contributed by atoms with E-state index in [-0.39, 0.29) is 12.3 Å². The zero-order valence-corrected chi connectivity index (χ0v) is 17.9. The molecule has 10 heteroatoms. The number of pyridine rings is 1. The van der Waals surface area contributed by atoms with Crippen LogP contribution in [0.4, 0.5) is 5.69 Å². The number of rotatable bonds is 8. The molecule has 3 heterocycles. The number of aryl methyl sites for hydroxylation is 3. The molecule has 0 radical (unpaired) electrons. The third-order valence-corrected chi connectivity index (χ3v) is 5.44. The summed E-state index contributed by atoms with van der Waals surface area (Å²) in [5.74, 6) is 1.97. The predicted octanol–water partition coefficient (Wildman–Crippen LogP) is 3.73. The molecule has 9 nitrogen and oxygen atoms in total. The highest BCUT2D eigenvalue weighted by Crippen LogP contribution is 2.21. The van der Waals surface area contributed by atoms with Gasteiger partial charge in [0.1, 0.15) is 0 Å². The fourth-order valence-electron chi connectivity index (χ4n) is 2.79. The van der Waals surface area contributed by atoms with Gasteiger partial charge in [0.15, 0.2) is 11.6 Å². The molecule has 0 atom stereocenters. The van der Waals surface area contributed by atoms with Crippen molar-refractivity contribution in [1.82, 2.24) is 30.3 Å². The molecule has 0 aliphatic carbocycles. The van der Waals surface area contributed by atoms with E-state index in [9.17, 15) is 4.79 Å². The molecule has 0 aliphatic heterocycles. The molecule has 0 spiro atoms. The molecule has 0 unspecified atom stereocenters. The summed E-state index contributed by atoms with van der Waals surface area (Å²) in [7, 11) is 0. The van der Waals surface area contributed by atoms with Crippen molar-refractivity contribution < 1.29 is 9.32 Å². The summed E-state index contributed by atoms with van der Waals surface area (Å²) in [5.41, 5.74) is 3.97. The molecule has 1 aromatic carbocycles. The highest BCUT2D eigenvalue weighted by molar-refractivity contribution is 7.98. The van der Waals surface area contributed by atoms with Crippen LogP contribution in [0.1, 0.15) is 29.3 Å². The van der Waals surface area contributed by atoms with Crippen LogP contribution in [0.15, 0.2) is 52.4 Å². The van der Waals surface area contributed by atoms with Crippen LogP contribution >= 0.6 is 11.8 Å². The molecule has 0 bridgehead atoms. The number of amides is 1. The Bertz CT molecular complexity index is 1170. The van der Waals surface area contributed by atoms with Gasteiger partial charge in [0.2, 0.25) is 17.0 Å². The Hall–Kier alpha value is -3.53. The summed E-state index contributed by atoms with van der Waals surface area (Å²) >= 11 is 1.39. The van der Waals surface area contributed by atoms with Crippen molar-refractivity contribution in [2.75, 3.05) is 5.32 Å². The molecular formula is C21H21N7O2S. The quantitative estimate of drug-likeness (QED) is 0.401. The number of hydrogen-bond donors (Lipinski definition) is 2. The van der Waals surface area contributed by atoms with Crippen LogP contribution in [-0.2, 0) is 17.0 Å². The first-order chi connectivity index (χ1) is 15.1. The predicted molar refractivity (Wildman–Crippen MR) is 116 cm³/mol. The lowest BCUT2D eigenvalue weighted by Crippen LogP contribution is -2.12. The van der Waals surface area contributed by atoms with E-state index >= 15 is 0 Å². The number of benzene rings is 1. The van der Waals surface area contributed by atoms with Crippen LogP contribution in [0.2, 0.25) is 0 Å². The Kier molecular flexibility index (Phi) is 6.37. The third-order valence-electron chi connectivity index (χ3n) is 4.60. The topological polar surface area (TPSA) is 122 Å². The van der Waals surface area contributed by atoms with E-state index in [0.29, 0.717) is 34.9 Å². The highest BCUT2D eigenvalue weighted by atomic mass is 32.2. The smallest absolute Gasteiger partial charge is 0.227 e. The summed E-state index contributed by atoms with van der Waals surface area (Å²) in [4.78, 5) is 25.0. The molecule has 4 aromatic rings. The van der Waals surface area contributed by atoms with Crippen LogP contribution in [0.25, 0.3) is 11.4 Å². The van der Waals surface area contributed by atoms with Gasteiger partial charge in [-0.15, -0.1) is 5.10 Å². The number of anilines is 1. The van der Waals surface area contributed by atoms with Gasteiger partial charge >= 0.3 is 0 Å². The lowest BCUT2D eigenvalue weighted by atomic mass is 10.1. The van der Waals surface area contributed by atoms with Crippen molar-refractivity contribution in [3.63, 3.8) is 0 Å². The number of carbonyl (C=O) groups is 1. The SMILES string of the molecule is Cc1ccc(NC(=O)CCc2nc(CSc3n[nH]c(-c4cccnc4)n3)no2)cc1C. The van der Waals surface area contributed by atoms with Gasteiger partial charge < -0.3 is 9.84 Å². The average Bonchev–Trinajstić information content (AvgIpc) is 3.44. The van der Waals surface area contributed by atoms with Crippen LogP contribution < -0.4 is 5.32 Å². The lowest BCUT2D eigenvalue weighted by Gasteiger charge is -2.06. The number of nitrogens with zero attached hydrogens (tertiary/aromatic N) is 5. The average molecular weight is 436 g/mol. The first-order valence-electron chi connectivity index (χ1n) is 9.71. The maximum atomic E-state index is 12.2. The van der Waals surface area contributed by atoms with E-state index in [1.807, 2.05) is 44.2 Å². The van der Waals surface area contributed by atoms with Crippen LogP contribution in [0.5, 0.6) is 0 Å². The molecule has 0 fully saturated rings. The van der Waals surface area contributed by atoms with Gasteiger partial charge in [-0.1, -0.05) is 23.0 Å². The Balaban J connectivity index is 1.25. The van der Waals surface area contributed by atoms with E-state index in [1.54, 1.807) is 12.4 Å². The van der Waals surface area contributed by atoms with Crippen molar-refractivity contribution in [2.45, 2.75) is 37.6 Å². The standard InChI is InChI=1S/C21H21N7O2S/c1-13-5-6-16(10-14(13)2)23-18(29)7-8-19-24-17(28-30-19)12-31-21-25-20(26-27-21)15-4-3-9-22-11-15/h3-6,9-11H,7-8,12H2,1-2H3,(H,23,29)(H,25,26,27). The summed E-state index contributed by atoms with van der Waals surface area (Å²) in [6.07, 6.45) is 4.06. The number of thioether (sulfide) groups is 1. The number of aromatic amines is 1. The molecule has 3 aromatic heterocycles. The first kappa shape index (κ1) is 20.7. The fourth-order valence-corrected chi connectivity index (χ4v) is 3.43. The monoisotopic (exact) mass is 435 g/mol. The number of nitrogens with one attached hydrogen (secondary N) is 2. The number of carbonyl (C=O) groups excluding carboxylic acids is 1. The summed E-state index contributed by atoms with van der Waals surface area (Å²) < 4.78 is 5.25. The normalized spacial score (nSPS) is 10.9. The Morgan fingerprint density at radius 1 is 1.19 bits per heavy atom. The largest absolute Gasteiger partial charge is 0.339 e. The second-order valence-electron chi connectivity index (χ2n) is 6.95. The first-order valence-corrected chi connectivity index (χ1v) is 10.7. The number of hydrogen-bond acceptors (Lipinski definition) is 8. The molecule has 0 aliphatic rings. The van der Waals surface area contributed by atoms with Gasteiger partial charge in [-0.05, 0) is 49.2 Å². The van der Waals surface area contributed by atoms with E-state index in [4.69, 9.17) is 4.52 Å². The zero-order valence-electron chi connectivity index (χ0n) is 17.1. The minimum absolute atomic E-state index is 0.0963. The molecular weight excluding hydrogens is 414 g/mol. The van der Waals surface area contributed by atoms with Crippen LogP contribution in [0, 0.1) is 13.8 Å². The minimum Gasteiger partial charge on any atom is -0.339 e. The second kappa shape index (κ2) is 9.52. The summed E-state index contributed by atoms with van der Waals surface area (Å²) in [5, 5.41) is 14.5. The highest BCUT2D eigenvalue weighted by Gasteiger charge is 2.12. The molecule has 0 saturated heterocycles. The summed E-state index contributed by atoms with van der Waals surface area (Å²) in [6.45, 7) is 4.05. The molecule has 2 N–H and O–H groups in total. The van der Waals surface area contributed by atoms with Crippen molar-refractivity contribution in [3.8, 4) is 11.4 Å². The molecule has 158 valence electrons. The third kappa shape index (κ3) is 5.54. The van der Waals surface area contributed by atoms with Crippen LogP contribution in [-0.4, -0.2) is 36.2 Å². The van der Waals surface area contributed by atoms with Gasteiger partial charge in [-0.3, -0.25) is 14.9 Å². The van der Waals surface area contributed by atoms with Gasteiger partial charge in [0.05, 0.1) is 5.75 Å². The van der Waals surface area contributed by atoms with E-state index in [2.05, 4.69) is 35.6 Å². The maximum Gasteiger partial charge on any atom is 0.227 e. The Morgan fingerprint density at radius 2 is 2.10 bits per heavy atom. The second-order valence-corrected chi connectivity index (χ2v) is 7.89. The molecule has 1 amide bonds. The number of aromatic nitrogens is 6. The fraction of sp³-hybridized carbons (Fsp3) is 0.238. The summed E-state index contributed by atoms with van der Waals surface area (Å²) in [6, 6.07) is 9.58. The number of H-pyrrole nitrogens is 1. The molecule has 0 saturated carbocycles. The maximum absolute atomic E-state index is 12.2. The molecule has 4 rings (SSSR count). The van der Waals surface area contributed by atoms with E-state index < -0.39 is 0 Å². The van der Waals surface area contributed by atoms with Crippen LogP contribution in [0.3, 0.4) is 0 Å². The Labute approximate surface area is 183 Å². The van der Waals surface area contributed by atoms with Crippen molar-refractivity contribution in [3.05, 3.63) is 65.6 Å². The molecule has 31 heavy (non-hydrogen) atoms. The zero-order chi connectivity index (χ0) is 21.6. The van der Waals surface area contributed by atoms with Gasteiger partial charge in [0, 0.05) is 36.5 Å². The Morgan fingerprint density at radius 3 is 2.90 bits per heavy atom. The van der Waals surface area contributed by atoms with Gasteiger partial charge in [-0.25, -0.2) is 4.98 Å². The van der Waals surface area contributed by atoms with Crippen molar-refractivity contribution >= 4 is 23.4 Å². The van der Waals surface area contributed by atoms with Gasteiger partial charge in [0.25, 0.3) is 0 Å². The van der Waals surface area contributed by atoms with Crippen molar-refractivity contribution in [2.24, 2.45) is 0 Å².